The standard InChI is InChI=1S/C23H16BrN3O4/c24-19-8-4-7-17(12-19)23(29)31-20-9-3-5-16(11-20)14-26-27-22(28)15-30-21-10-2-1-6-18(21)13-25/h1-12,14H,15H2,(H,27,28)/b26-14+. The summed E-state index contributed by atoms with van der Waals surface area (Å²) in [7, 11) is 0. The second-order valence-electron chi connectivity index (χ2n) is 6.16. The van der Waals surface area contributed by atoms with E-state index in [1.807, 2.05) is 12.1 Å². The SMILES string of the molecule is N#Cc1ccccc1OCC(=O)N/N=C/c1cccc(OC(=O)c2cccc(Br)c2)c1. The molecular formula is C23H16BrN3O4. The van der Waals surface area contributed by atoms with Gasteiger partial charge in [0.15, 0.2) is 6.61 Å². The molecule has 154 valence electrons. The molecule has 0 saturated carbocycles. The van der Waals surface area contributed by atoms with Gasteiger partial charge in [-0.2, -0.15) is 10.4 Å². The first-order valence-electron chi connectivity index (χ1n) is 9.07. The summed E-state index contributed by atoms with van der Waals surface area (Å²) in [6, 6.07) is 22.2. The van der Waals surface area contributed by atoms with Crippen LogP contribution < -0.4 is 14.9 Å². The number of nitrogens with zero attached hydrogens (tertiary/aromatic N) is 2. The highest BCUT2D eigenvalue weighted by Gasteiger charge is 2.09. The molecule has 3 rings (SSSR count). The Bertz CT molecular complexity index is 1170. The molecule has 0 atom stereocenters. The molecule has 0 spiro atoms. The Hall–Kier alpha value is -3.96. The van der Waals surface area contributed by atoms with E-state index in [1.165, 1.54) is 6.21 Å². The number of nitriles is 1. The highest BCUT2D eigenvalue weighted by Crippen LogP contribution is 2.17. The van der Waals surface area contributed by atoms with Crippen LogP contribution in [0.5, 0.6) is 11.5 Å². The smallest absolute Gasteiger partial charge is 0.343 e. The molecule has 1 N–H and O–H groups in total. The first kappa shape index (κ1) is 21.7. The summed E-state index contributed by atoms with van der Waals surface area (Å²) < 4.78 is 11.5. The highest BCUT2D eigenvalue weighted by molar-refractivity contribution is 9.10. The van der Waals surface area contributed by atoms with Crippen LogP contribution in [0.2, 0.25) is 0 Å². The fraction of sp³-hybridized carbons (Fsp3) is 0.0435. The molecule has 0 aliphatic rings. The van der Waals surface area contributed by atoms with E-state index in [-0.39, 0.29) is 6.61 Å². The van der Waals surface area contributed by atoms with Gasteiger partial charge < -0.3 is 9.47 Å². The van der Waals surface area contributed by atoms with Crippen molar-refractivity contribution in [3.8, 4) is 17.6 Å². The molecule has 0 aliphatic heterocycles. The first-order valence-corrected chi connectivity index (χ1v) is 9.86. The van der Waals surface area contributed by atoms with E-state index in [4.69, 9.17) is 14.7 Å². The molecule has 0 aliphatic carbocycles. The van der Waals surface area contributed by atoms with Gasteiger partial charge in [-0.15, -0.1) is 0 Å². The summed E-state index contributed by atoms with van der Waals surface area (Å²) in [4.78, 5) is 24.1. The number of carbonyl (C=O) groups excluding carboxylic acids is 2. The topological polar surface area (TPSA) is 101 Å². The van der Waals surface area contributed by atoms with E-state index in [9.17, 15) is 9.59 Å². The molecule has 0 saturated heterocycles. The lowest BCUT2D eigenvalue weighted by Crippen LogP contribution is -2.24. The number of ether oxygens (including phenoxy) is 2. The van der Waals surface area contributed by atoms with E-state index in [2.05, 4.69) is 26.5 Å². The fourth-order valence-corrected chi connectivity index (χ4v) is 2.88. The van der Waals surface area contributed by atoms with Gasteiger partial charge in [0.25, 0.3) is 5.91 Å². The zero-order valence-corrected chi connectivity index (χ0v) is 17.7. The van der Waals surface area contributed by atoms with E-state index in [0.29, 0.717) is 28.2 Å². The summed E-state index contributed by atoms with van der Waals surface area (Å²) in [5.41, 5.74) is 3.72. The van der Waals surface area contributed by atoms with Crippen LogP contribution in [0.4, 0.5) is 0 Å². The normalized spacial score (nSPS) is 10.3. The second kappa shape index (κ2) is 10.7. The number of nitrogens with one attached hydrogen (secondary N) is 1. The number of amides is 1. The lowest BCUT2D eigenvalue weighted by molar-refractivity contribution is -0.123. The molecular weight excluding hydrogens is 462 g/mol. The number of benzene rings is 3. The monoisotopic (exact) mass is 477 g/mol. The largest absolute Gasteiger partial charge is 0.482 e. The highest BCUT2D eigenvalue weighted by atomic mass is 79.9. The number of carbonyl (C=O) groups is 2. The molecule has 0 radical (unpaired) electrons. The third kappa shape index (κ3) is 6.52. The van der Waals surface area contributed by atoms with Crippen LogP contribution >= 0.6 is 15.9 Å². The van der Waals surface area contributed by atoms with Crippen molar-refractivity contribution in [2.75, 3.05) is 6.61 Å². The number of halogens is 1. The number of hydrogen-bond acceptors (Lipinski definition) is 6. The predicted octanol–water partition coefficient (Wildman–Crippen LogP) is 4.07. The second-order valence-corrected chi connectivity index (χ2v) is 7.08. The zero-order valence-electron chi connectivity index (χ0n) is 16.1. The molecule has 0 aromatic heterocycles. The molecule has 8 heteroatoms. The van der Waals surface area contributed by atoms with Crippen molar-refractivity contribution in [1.29, 1.82) is 5.26 Å². The van der Waals surface area contributed by atoms with Gasteiger partial charge in [-0.1, -0.05) is 46.3 Å². The number of esters is 1. The lowest BCUT2D eigenvalue weighted by atomic mass is 10.2. The van der Waals surface area contributed by atoms with Crippen LogP contribution in [0.15, 0.2) is 82.4 Å². The summed E-state index contributed by atoms with van der Waals surface area (Å²) in [6.45, 7) is -0.291. The van der Waals surface area contributed by atoms with E-state index in [0.717, 1.165) is 4.47 Å². The average molecular weight is 478 g/mol. The van der Waals surface area contributed by atoms with Gasteiger partial charge >= 0.3 is 5.97 Å². The van der Waals surface area contributed by atoms with Crippen molar-refractivity contribution >= 4 is 34.0 Å². The molecule has 31 heavy (non-hydrogen) atoms. The van der Waals surface area contributed by atoms with Gasteiger partial charge in [0.05, 0.1) is 17.3 Å². The van der Waals surface area contributed by atoms with Gasteiger partial charge in [-0.25, -0.2) is 10.2 Å². The minimum Gasteiger partial charge on any atom is -0.482 e. The third-order valence-corrected chi connectivity index (χ3v) is 4.39. The molecule has 7 nitrogen and oxygen atoms in total. The Kier molecular flexibility index (Phi) is 7.51. The van der Waals surface area contributed by atoms with E-state index < -0.39 is 11.9 Å². The number of hydrogen-bond donors (Lipinski definition) is 1. The molecule has 0 unspecified atom stereocenters. The maximum Gasteiger partial charge on any atom is 0.343 e. The quantitative estimate of drug-likeness (QED) is 0.239. The fourth-order valence-electron chi connectivity index (χ4n) is 2.48. The van der Waals surface area contributed by atoms with Gasteiger partial charge in [0.1, 0.15) is 17.6 Å². The number of rotatable bonds is 7. The van der Waals surface area contributed by atoms with Crippen molar-refractivity contribution < 1.29 is 19.1 Å². The number of hydrazone groups is 1. The Balaban J connectivity index is 1.53. The maximum absolute atomic E-state index is 12.2. The Morgan fingerprint density at radius 3 is 2.68 bits per heavy atom. The van der Waals surface area contributed by atoms with Gasteiger partial charge in [0, 0.05) is 4.47 Å². The van der Waals surface area contributed by atoms with E-state index >= 15 is 0 Å². The van der Waals surface area contributed by atoms with Crippen LogP contribution in [0, 0.1) is 11.3 Å². The number of para-hydroxylation sites is 1. The van der Waals surface area contributed by atoms with Crippen molar-refractivity contribution in [1.82, 2.24) is 5.43 Å². The first-order chi connectivity index (χ1) is 15.0. The van der Waals surface area contributed by atoms with Crippen molar-refractivity contribution in [3.05, 3.63) is 94.0 Å². The Labute approximate surface area is 187 Å². The Morgan fingerprint density at radius 1 is 1.06 bits per heavy atom. The van der Waals surface area contributed by atoms with E-state index in [1.54, 1.807) is 66.7 Å². The molecule has 3 aromatic rings. The molecule has 0 fully saturated rings. The predicted molar refractivity (Wildman–Crippen MR) is 118 cm³/mol. The molecule has 3 aromatic carbocycles. The van der Waals surface area contributed by atoms with Crippen molar-refractivity contribution in [2.45, 2.75) is 0 Å². The minimum absolute atomic E-state index is 0.291. The molecule has 1 amide bonds. The van der Waals surface area contributed by atoms with Crippen LogP contribution in [-0.2, 0) is 4.79 Å². The van der Waals surface area contributed by atoms with Crippen LogP contribution in [-0.4, -0.2) is 24.7 Å². The maximum atomic E-state index is 12.2. The van der Waals surface area contributed by atoms with Crippen LogP contribution in [0.1, 0.15) is 21.5 Å². The third-order valence-electron chi connectivity index (χ3n) is 3.90. The van der Waals surface area contributed by atoms with Crippen LogP contribution in [0.3, 0.4) is 0 Å². The molecule has 0 heterocycles. The lowest BCUT2D eigenvalue weighted by Gasteiger charge is -2.06. The van der Waals surface area contributed by atoms with Crippen molar-refractivity contribution in [3.63, 3.8) is 0 Å². The van der Waals surface area contributed by atoms with Crippen molar-refractivity contribution in [2.24, 2.45) is 5.10 Å². The average Bonchev–Trinajstić information content (AvgIpc) is 2.78. The summed E-state index contributed by atoms with van der Waals surface area (Å²) in [6.07, 6.45) is 1.41. The zero-order chi connectivity index (χ0) is 22.1. The summed E-state index contributed by atoms with van der Waals surface area (Å²) in [5, 5.41) is 12.9. The van der Waals surface area contributed by atoms with Crippen LogP contribution in [0.25, 0.3) is 0 Å². The molecule has 0 bridgehead atoms. The summed E-state index contributed by atoms with van der Waals surface area (Å²) in [5.74, 6) is -0.305. The van der Waals surface area contributed by atoms with Gasteiger partial charge in [-0.3, -0.25) is 4.79 Å². The Morgan fingerprint density at radius 2 is 1.87 bits per heavy atom. The van der Waals surface area contributed by atoms with Gasteiger partial charge in [0.2, 0.25) is 0 Å². The minimum atomic E-state index is -0.488. The summed E-state index contributed by atoms with van der Waals surface area (Å²) >= 11 is 3.32. The van der Waals surface area contributed by atoms with Gasteiger partial charge in [-0.05, 0) is 48.0 Å².